The van der Waals surface area contributed by atoms with Gasteiger partial charge in [-0.3, -0.25) is 4.79 Å². The Bertz CT molecular complexity index is 1010. The highest BCUT2D eigenvalue weighted by molar-refractivity contribution is 5.81. The maximum Gasteiger partial charge on any atom is 0.261 e. The molecular formula is C27H29NO2. The summed E-state index contributed by atoms with van der Waals surface area (Å²) in [5.41, 5.74) is 5.91. The summed E-state index contributed by atoms with van der Waals surface area (Å²) in [6, 6.07) is 24.3. The second kappa shape index (κ2) is 9.17. The normalized spacial score (nSPS) is 15.0. The lowest BCUT2D eigenvalue weighted by atomic mass is 9.91. The fourth-order valence-electron chi connectivity index (χ4n) is 4.21. The first-order valence-electron chi connectivity index (χ1n) is 10.8. The quantitative estimate of drug-likeness (QED) is 0.590. The van der Waals surface area contributed by atoms with Gasteiger partial charge in [-0.25, -0.2) is 0 Å². The number of amides is 1. The van der Waals surface area contributed by atoms with Gasteiger partial charge in [-0.05, 0) is 67.9 Å². The standard InChI is InChI=1S/C27H29NO2/c1-19-10-8-15-23(18-19)26(22-12-4-3-5-13-22)28-27(29)20(2)30-25-17-9-14-21-11-6-7-16-24(21)25/h3-5,8-10,12-15,17-18,20,26H,6-7,11,16H2,1-2H3,(H,28,29)/t20-,26+/m0/s1. The smallest absolute Gasteiger partial charge is 0.261 e. The minimum atomic E-state index is -0.575. The lowest BCUT2D eigenvalue weighted by Crippen LogP contribution is -2.39. The molecule has 4 rings (SSSR count). The van der Waals surface area contributed by atoms with Gasteiger partial charge >= 0.3 is 0 Å². The van der Waals surface area contributed by atoms with Crippen LogP contribution in [-0.2, 0) is 17.6 Å². The van der Waals surface area contributed by atoms with Crippen molar-refractivity contribution in [2.75, 3.05) is 0 Å². The van der Waals surface area contributed by atoms with E-state index in [1.165, 1.54) is 29.5 Å². The van der Waals surface area contributed by atoms with Gasteiger partial charge in [0.1, 0.15) is 5.75 Å². The topological polar surface area (TPSA) is 38.3 Å². The number of ether oxygens (including phenoxy) is 1. The number of fused-ring (bicyclic) bond motifs is 1. The zero-order valence-corrected chi connectivity index (χ0v) is 17.7. The molecule has 0 radical (unpaired) electrons. The third kappa shape index (κ3) is 4.56. The molecule has 1 aliphatic rings. The Morgan fingerprint density at radius 1 is 0.900 bits per heavy atom. The van der Waals surface area contributed by atoms with E-state index < -0.39 is 6.10 Å². The van der Waals surface area contributed by atoms with Crippen LogP contribution in [-0.4, -0.2) is 12.0 Å². The Hall–Kier alpha value is -3.07. The van der Waals surface area contributed by atoms with Crippen LogP contribution in [0.3, 0.4) is 0 Å². The largest absolute Gasteiger partial charge is 0.481 e. The fraction of sp³-hybridized carbons (Fsp3) is 0.296. The SMILES string of the molecule is Cc1cccc([C@H](NC(=O)[C@H](C)Oc2cccc3c2CCCC3)c2ccccc2)c1. The highest BCUT2D eigenvalue weighted by Crippen LogP contribution is 2.30. The predicted octanol–water partition coefficient (Wildman–Crippen LogP) is 5.55. The number of carbonyl (C=O) groups is 1. The van der Waals surface area contributed by atoms with E-state index in [0.29, 0.717) is 0 Å². The summed E-state index contributed by atoms with van der Waals surface area (Å²) < 4.78 is 6.16. The summed E-state index contributed by atoms with van der Waals surface area (Å²) in [6.07, 6.45) is 3.94. The molecule has 0 aliphatic heterocycles. The zero-order chi connectivity index (χ0) is 20.9. The van der Waals surface area contributed by atoms with Crippen LogP contribution in [0.5, 0.6) is 5.75 Å². The van der Waals surface area contributed by atoms with Crippen LogP contribution in [0, 0.1) is 6.92 Å². The van der Waals surface area contributed by atoms with Gasteiger partial charge in [0.2, 0.25) is 0 Å². The number of hydrogen-bond acceptors (Lipinski definition) is 2. The predicted molar refractivity (Wildman–Crippen MR) is 121 cm³/mol. The highest BCUT2D eigenvalue weighted by atomic mass is 16.5. The van der Waals surface area contributed by atoms with Gasteiger partial charge in [0.05, 0.1) is 6.04 Å². The molecule has 30 heavy (non-hydrogen) atoms. The molecule has 3 nitrogen and oxygen atoms in total. The molecule has 0 fully saturated rings. The molecule has 0 saturated heterocycles. The molecule has 0 bridgehead atoms. The number of rotatable bonds is 6. The third-order valence-electron chi connectivity index (χ3n) is 5.82. The van der Waals surface area contributed by atoms with Crippen molar-refractivity contribution in [1.29, 1.82) is 0 Å². The van der Waals surface area contributed by atoms with Crippen LogP contribution in [0.4, 0.5) is 0 Å². The van der Waals surface area contributed by atoms with Crippen molar-refractivity contribution in [1.82, 2.24) is 5.32 Å². The van der Waals surface area contributed by atoms with Gasteiger partial charge in [-0.1, -0.05) is 72.3 Å². The summed E-state index contributed by atoms with van der Waals surface area (Å²) in [7, 11) is 0. The van der Waals surface area contributed by atoms with E-state index in [2.05, 4.69) is 36.5 Å². The van der Waals surface area contributed by atoms with E-state index in [-0.39, 0.29) is 11.9 Å². The molecule has 0 spiro atoms. The van der Waals surface area contributed by atoms with Crippen LogP contribution in [0.25, 0.3) is 0 Å². The molecule has 1 amide bonds. The van der Waals surface area contributed by atoms with Crippen molar-refractivity contribution in [3.8, 4) is 5.75 Å². The van der Waals surface area contributed by atoms with Gasteiger partial charge in [0, 0.05) is 0 Å². The molecule has 3 aromatic carbocycles. The minimum Gasteiger partial charge on any atom is -0.481 e. The number of hydrogen-bond donors (Lipinski definition) is 1. The summed E-state index contributed by atoms with van der Waals surface area (Å²) >= 11 is 0. The van der Waals surface area contributed by atoms with E-state index in [1.54, 1.807) is 0 Å². The van der Waals surface area contributed by atoms with Gasteiger partial charge in [-0.15, -0.1) is 0 Å². The molecule has 154 valence electrons. The molecular weight excluding hydrogens is 370 g/mol. The molecule has 1 aliphatic carbocycles. The average Bonchev–Trinajstić information content (AvgIpc) is 2.78. The Kier molecular flexibility index (Phi) is 6.18. The number of benzene rings is 3. The van der Waals surface area contributed by atoms with Crippen molar-refractivity contribution < 1.29 is 9.53 Å². The Balaban J connectivity index is 1.54. The third-order valence-corrected chi connectivity index (χ3v) is 5.82. The number of carbonyl (C=O) groups excluding carboxylic acids is 1. The molecule has 0 saturated carbocycles. The molecule has 3 aromatic rings. The summed E-state index contributed by atoms with van der Waals surface area (Å²) in [5, 5.41) is 3.21. The molecule has 2 atom stereocenters. The van der Waals surface area contributed by atoms with Gasteiger partial charge in [-0.2, -0.15) is 0 Å². The van der Waals surface area contributed by atoms with Crippen LogP contribution in [0.15, 0.2) is 72.8 Å². The Morgan fingerprint density at radius 2 is 1.63 bits per heavy atom. The van der Waals surface area contributed by atoms with Gasteiger partial charge in [0.15, 0.2) is 6.10 Å². The first-order valence-corrected chi connectivity index (χ1v) is 10.8. The summed E-state index contributed by atoms with van der Waals surface area (Å²) in [5.74, 6) is 0.737. The van der Waals surface area contributed by atoms with Crippen LogP contribution in [0.1, 0.15) is 53.6 Å². The molecule has 0 aromatic heterocycles. The number of aryl methyl sites for hydroxylation is 2. The van der Waals surface area contributed by atoms with E-state index in [4.69, 9.17) is 4.74 Å². The van der Waals surface area contributed by atoms with Crippen LogP contribution >= 0.6 is 0 Å². The first-order chi connectivity index (χ1) is 14.6. The fourth-order valence-corrected chi connectivity index (χ4v) is 4.21. The van der Waals surface area contributed by atoms with Crippen LogP contribution in [0.2, 0.25) is 0 Å². The Labute approximate surface area is 179 Å². The van der Waals surface area contributed by atoms with Crippen LogP contribution < -0.4 is 10.1 Å². The summed E-state index contributed by atoms with van der Waals surface area (Å²) in [4.78, 5) is 13.1. The maximum absolute atomic E-state index is 13.1. The first kappa shape index (κ1) is 20.2. The van der Waals surface area contributed by atoms with E-state index in [9.17, 15) is 4.79 Å². The Morgan fingerprint density at radius 3 is 2.43 bits per heavy atom. The highest BCUT2D eigenvalue weighted by Gasteiger charge is 2.23. The van der Waals surface area contributed by atoms with E-state index >= 15 is 0 Å². The minimum absolute atomic E-state index is 0.112. The van der Waals surface area contributed by atoms with Crippen molar-refractivity contribution in [2.45, 2.75) is 51.7 Å². The van der Waals surface area contributed by atoms with Crippen molar-refractivity contribution in [2.24, 2.45) is 0 Å². The van der Waals surface area contributed by atoms with Crippen molar-refractivity contribution in [3.05, 3.63) is 101 Å². The second-order valence-corrected chi connectivity index (χ2v) is 8.13. The summed E-state index contributed by atoms with van der Waals surface area (Å²) in [6.45, 7) is 3.90. The second-order valence-electron chi connectivity index (χ2n) is 8.13. The monoisotopic (exact) mass is 399 g/mol. The number of nitrogens with one attached hydrogen (secondary N) is 1. The van der Waals surface area contributed by atoms with E-state index in [1.807, 2.05) is 55.5 Å². The maximum atomic E-state index is 13.1. The van der Waals surface area contributed by atoms with Crippen molar-refractivity contribution in [3.63, 3.8) is 0 Å². The van der Waals surface area contributed by atoms with Gasteiger partial charge in [0.25, 0.3) is 5.91 Å². The molecule has 0 unspecified atom stereocenters. The zero-order valence-electron chi connectivity index (χ0n) is 17.7. The molecule has 0 heterocycles. The van der Waals surface area contributed by atoms with Crippen molar-refractivity contribution >= 4 is 5.91 Å². The molecule has 1 N–H and O–H groups in total. The van der Waals surface area contributed by atoms with E-state index in [0.717, 1.165) is 29.7 Å². The molecule has 3 heteroatoms. The lowest BCUT2D eigenvalue weighted by molar-refractivity contribution is -0.127. The lowest BCUT2D eigenvalue weighted by Gasteiger charge is -2.25. The van der Waals surface area contributed by atoms with Gasteiger partial charge < -0.3 is 10.1 Å². The average molecular weight is 400 g/mol.